The zero-order valence-corrected chi connectivity index (χ0v) is 10.4. The summed E-state index contributed by atoms with van der Waals surface area (Å²) < 4.78 is 1.95. The predicted octanol–water partition coefficient (Wildman–Crippen LogP) is 2.57. The number of aliphatic hydroxyl groups excluding tert-OH is 1. The first-order valence-corrected chi connectivity index (χ1v) is 6.40. The van der Waals surface area contributed by atoms with E-state index < -0.39 is 0 Å². The van der Waals surface area contributed by atoms with E-state index in [1.165, 1.54) is 0 Å². The highest BCUT2D eigenvalue weighted by molar-refractivity contribution is 7.99. The van der Waals surface area contributed by atoms with Crippen LogP contribution in [0.15, 0.2) is 29.4 Å². The number of nitrogens with zero attached hydrogens (tertiary/aromatic N) is 2. The Morgan fingerprint density at radius 1 is 1.44 bits per heavy atom. The first-order chi connectivity index (χ1) is 7.72. The number of aromatic nitrogens is 2. The van der Waals surface area contributed by atoms with Crippen molar-refractivity contribution in [1.82, 2.24) is 9.38 Å². The smallest absolute Gasteiger partial charge is 0.138 e. The van der Waals surface area contributed by atoms with Crippen LogP contribution >= 0.6 is 11.8 Å². The van der Waals surface area contributed by atoms with Crippen LogP contribution in [-0.4, -0.2) is 20.2 Å². The van der Waals surface area contributed by atoms with Crippen molar-refractivity contribution >= 4 is 17.4 Å². The van der Waals surface area contributed by atoms with E-state index in [9.17, 15) is 5.11 Å². The zero-order chi connectivity index (χ0) is 11.5. The number of thioether (sulfide) groups is 1. The third-order valence-corrected chi connectivity index (χ3v) is 3.73. The predicted molar refractivity (Wildman–Crippen MR) is 66.7 cm³/mol. The molecule has 0 amide bonds. The summed E-state index contributed by atoms with van der Waals surface area (Å²) in [5, 5.41) is 10.3. The van der Waals surface area contributed by atoms with Crippen molar-refractivity contribution in [3.63, 3.8) is 0 Å². The van der Waals surface area contributed by atoms with Gasteiger partial charge in [-0.3, -0.25) is 0 Å². The van der Waals surface area contributed by atoms with Gasteiger partial charge < -0.3 is 9.51 Å². The molecular weight excluding hydrogens is 220 g/mol. The molecule has 0 aliphatic heterocycles. The van der Waals surface area contributed by atoms with Crippen LogP contribution in [0.25, 0.3) is 5.65 Å². The SMILES string of the molecule is CC(C)CSc1nc2ccccn2c1CO. The number of fused-ring (bicyclic) bond motifs is 1. The van der Waals surface area contributed by atoms with Crippen LogP contribution < -0.4 is 0 Å². The van der Waals surface area contributed by atoms with E-state index in [1.54, 1.807) is 11.8 Å². The number of rotatable bonds is 4. The van der Waals surface area contributed by atoms with Gasteiger partial charge in [-0.05, 0) is 18.1 Å². The van der Waals surface area contributed by atoms with Gasteiger partial charge in [0.05, 0.1) is 12.3 Å². The Labute approximate surface area is 99.5 Å². The summed E-state index contributed by atoms with van der Waals surface area (Å²) in [6.07, 6.45) is 1.94. The average Bonchev–Trinajstić information content (AvgIpc) is 2.63. The van der Waals surface area contributed by atoms with Crippen LogP contribution in [0.3, 0.4) is 0 Å². The molecule has 0 saturated carbocycles. The van der Waals surface area contributed by atoms with E-state index in [0.717, 1.165) is 22.1 Å². The van der Waals surface area contributed by atoms with Crippen LogP contribution in [0.5, 0.6) is 0 Å². The Morgan fingerprint density at radius 3 is 2.94 bits per heavy atom. The summed E-state index contributed by atoms with van der Waals surface area (Å²) in [5.41, 5.74) is 1.79. The van der Waals surface area contributed by atoms with Gasteiger partial charge in [0.25, 0.3) is 0 Å². The molecule has 0 unspecified atom stereocenters. The largest absolute Gasteiger partial charge is 0.390 e. The minimum atomic E-state index is 0.0333. The van der Waals surface area contributed by atoms with Crippen LogP contribution in [0.4, 0.5) is 0 Å². The molecule has 1 N–H and O–H groups in total. The first-order valence-electron chi connectivity index (χ1n) is 5.42. The van der Waals surface area contributed by atoms with Crippen molar-refractivity contribution in [3.05, 3.63) is 30.1 Å². The summed E-state index contributed by atoms with van der Waals surface area (Å²) in [5.74, 6) is 1.65. The summed E-state index contributed by atoms with van der Waals surface area (Å²) in [6, 6.07) is 5.86. The monoisotopic (exact) mass is 236 g/mol. The number of pyridine rings is 1. The third kappa shape index (κ3) is 2.23. The van der Waals surface area contributed by atoms with Crippen LogP contribution in [0.1, 0.15) is 19.5 Å². The Balaban J connectivity index is 2.36. The van der Waals surface area contributed by atoms with Gasteiger partial charge in [-0.15, -0.1) is 11.8 Å². The molecule has 16 heavy (non-hydrogen) atoms. The van der Waals surface area contributed by atoms with Crippen molar-refractivity contribution in [2.45, 2.75) is 25.5 Å². The molecule has 2 rings (SSSR count). The van der Waals surface area contributed by atoms with E-state index >= 15 is 0 Å². The molecule has 86 valence electrons. The molecule has 0 saturated heterocycles. The molecule has 3 nitrogen and oxygen atoms in total. The Hall–Kier alpha value is -1.00. The van der Waals surface area contributed by atoms with E-state index in [0.29, 0.717) is 5.92 Å². The second kappa shape index (κ2) is 4.89. The van der Waals surface area contributed by atoms with E-state index in [4.69, 9.17) is 0 Å². The number of hydrogen-bond donors (Lipinski definition) is 1. The van der Waals surface area contributed by atoms with Gasteiger partial charge >= 0.3 is 0 Å². The maximum Gasteiger partial charge on any atom is 0.138 e. The topological polar surface area (TPSA) is 37.5 Å². The standard InChI is InChI=1S/C12H16N2OS/c1-9(2)8-16-12-10(7-15)14-6-4-3-5-11(14)13-12/h3-6,9,15H,7-8H2,1-2H3. The average molecular weight is 236 g/mol. The molecule has 0 aromatic carbocycles. The van der Waals surface area contributed by atoms with Crippen molar-refractivity contribution in [3.8, 4) is 0 Å². The highest BCUT2D eigenvalue weighted by Crippen LogP contribution is 2.25. The number of hydrogen-bond acceptors (Lipinski definition) is 3. The Kier molecular flexibility index (Phi) is 3.51. The summed E-state index contributed by atoms with van der Waals surface area (Å²) >= 11 is 1.71. The lowest BCUT2D eigenvalue weighted by Crippen LogP contribution is -1.95. The van der Waals surface area contributed by atoms with Crippen molar-refractivity contribution in [1.29, 1.82) is 0 Å². The van der Waals surface area contributed by atoms with Gasteiger partial charge in [0, 0.05) is 11.9 Å². The number of aliphatic hydroxyl groups is 1. The molecule has 2 aromatic rings. The van der Waals surface area contributed by atoms with Gasteiger partial charge in [0.1, 0.15) is 10.7 Å². The Bertz CT molecular complexity index is 479. The second-order valence-electron chi connectivity index (χ2n) is 4.16. The molecule has 4 heteroatoms. The van der Waals surface area contributed by atoms with Gasteiger partial charge in [-0.2, -0.15) is 0 Å². The number of imidazole rings is 1. The highest BCUT2D eigenvalue weighted by atomic mass is 32.2. The summed E-state index contributed by atoms with van der Waals surface area (Å²) in [7, 11) is 0. The van der Waals surface area contributed by atoms with Gasteiger partial charge in [-0.25, -0.2) is 4.98 Å². The van der Waals surface area contributed by atoms with E-state index in [1.807, 2.05) is 28.8 Å². The van der Waals surface area contributed by atoms with Crippen molar-refractivity contribution in [2.75, 3.05) is 5.75 Å². The fraction of sp³-hybridized carbons (Fsp3) is 0.417. The van der Waals surface area contributed by atoms with Crippen molar-refractivity contribution < 1.29 is 5.11 Å². The second-order valence-corrected chi connectivity index (χ2v) is 5.16. The lowest BCUT2D eigenvalue weighted by molar-refractivity contribution is 0.272. The highest BCUT2D eigenvalue weighted by Gasteiger charge is 2.11. The van der Waals surface area contributed by atoms with Crippen LogP contribution in [0.2, 0.25) is 0 Å². The Morgan fingerprint density at radius 2 is 2.25 bits per heavy atom. The molecule has 0 radical (unpaired) electrons. The van der Waals surface area contributed by atoms with Crippen LogP contribution in [-0.2, 0) is 6.61 Å². The van der Waals surface area contributed by atoms with Crippen LogP contribution in [0, 0.1) is 5.92 Å². The van der Waals surface area contributed by atoms with Gasteiger partial charge in [0.15, 0.2) is 0 Å². The summed E-state index contributed by atoms with van der Waals surface area (Å²) in [4.78, 5) is 4.52. The summed E-state index contributed by atoms with van der Waals surface area (Å²) in [6.45, 7) is 4.40. The molecule has 0 spiro atoms. The van der Waals surface area contributed by atoms with Gasteiger partial charge in [-0.1, -0.05) is 19.9 Å². The molecule has 2 heterocycles. The first kappa shape index (κ1) is 11.5. The third-order valence-electron chi connectivity index (χ3n) is 2.30. The fourth-order valence-electron chi connectivity index (χ4n) is 1.53. The minimum Gasteiger partial charge on any atom is -0.390 e. The lowest BCUT2D eigenvalue weighted by atomic mass is 10.3. The van der Waals surface area contributed by atoms with E-state index in [-0.39, 0.29) is 6.61 Å². The maximum absolute atomic E-state index is 9.40. The molecule has 2 aromatic heterocycles. The van der Waals surface area contributed by atoms with Crippen molar-refractivity contribution in [2.24, 2.45) is 5.92 Å². The maximum atomic E-state index is 9.40. The lowest BCUT2D eigenvalue weighted by Gasteiger charge is -2.03. The molecular formula is C12H16N2OS. The van der Waals surface area contributed by atoms with E-state index in [2.05, 4.69) is 18.8 Å². The molecule has 0 aliphatic rings. The molecule has 0 atom stereocenters. The zero-order valence-electron chi connectivity index (χ0n) is 9.55. The molecule has 0 aliphatic carbocycles. The minimum absolute atomic E-state index is 0.0333. The normalized spacial score (nSPS) is 11.5. The quantitative estimate of drug-likeness (QED) is 0.829. The molecule has 0 fully saturated rings. The molecule has 0 bridgehead atoms. The van der Waals surface area contributed by atoms with Gasteiger partial charge in [0.2, 0.25) is 0 Å². The fourth-order valence-corrected chi connectivity index (χ4v) is 2.51.